The highest BCUT2D eigenvalue weighted by Crippen LogP contribution is 2.49. The van der Waals surface area contributed by atoms with E-state index in [0.717, 1.165) is 39.2 Å². The molecule has 0 saturated carbocycles. The topological polar surface area (TPSA) is 313 Å². The van der Waals surface area contributed by atoms with Crippen molar-refractivity contribution in [3.63, 3.8) is 0 Å². The SMILES string of the molecule is CCN(C)Cc1cc2ccccc2n1CCC(=O)C[C@@H](CCC(=O)O)C(=O)NCCOCCOCCC(=O)N[C@H](C(=O)C[C@@H](C)C(=O)N(C)[C@@H](C)C(=O)O[C@H]1CC(=O)N(C)c2cc(cc(OC)c2Cl)C/C(C)=C/C=C/[C@@H](OC)[C@@]2(O)C[C@H](OC(=O)N2)[C@@H](C)[C@@H]2O[C@]12C)C(C)C. The number of carbonyl (C=O) groups excluding carboxylic acids is 8. The molecule has 1 aromatic heterocycles. The molecular weight excluding hydrogens is 1250 g/mol. The molecule has 0 unspecified atom stereocenters. The van der Waals surface area contributed by atoms with Crippen LogP contribution in [0.5, 0.6) is 5.75 Å². The fourth-order valence-electron chi connectivity index (χ4n) is 12.1. The van der Waals surface area contributed by atoms with E-state index in [1.54, 1.807) is 52.0 Å². The first-order valence-corrected chi connectivity index (χ1v) is 32.9. The van der Waals surface area contributed by atoms with Crippen LogP contribution in [0.25, 0.3) is 10.9 Å². The standard InChI is InChI=1S/C69H98ClN7O18/c1-14-74(9)40-49-36-47-19-15-16-20-51(47)77(49)27-24-50(78)37-48(22-23-60(82)83)64(84)71-26-29-92-31-30-91-28-25-58(80)72-62(41(2)3)53(79)33-43(5)65(85)75(10)45(7)66(86)94-57-38-59(81)76(11)52-34-46(35-54(89-12)61(52)70)32-42(4)18-17-21-56(90-13)69(88)39-55(93-67(87)73-69)44(6)63-68(57,8)95-63/h15-21,34-36,41,43-45,48,55-57,62-63,88H,14,22-33,37-40H2,1-13H3,(H,71,84)(H,72,80)(H,73,87)(H,82,83)/b21-17+,42-18+/t43-,44-,45+,48-,55+,56-,57+,62+,63+,68-,69+/m1/s1. The van der Waals surface area contributed by atoms with Gasteiger partial charge in [0.15, 0.2) is 11.5 Å². The van der Waals surface area contributed by atoms with Crippen molar-refractivity contribution in [1.29, 1.82) is 0 Å². The van der Waals surface area contributed by atoms with Gasteiger partial charge in [0.05, 0.1) is 57.8 Å². The van der Waals surface area contributed by atoms with Crippen molar-refractivity contribution in [3.8, 4) is 5.75 Å². The number of allylic oxidation sites excluding steroid dienone is 3. The molecule has 0 radical (unpaired) electrons. The molecule has 26 heteroatoms. The molecule has 4 heterocycles. The summed E-state index contributed by atoms with van der Waals surface area (Å²) in [6.07, 6.45) is -0.510. The zero-order chi connectivity index (χ0) is 70.1. The number of Topliss-reactive ketones (excluding diaryl/α,β-unsaturated/α-hetero) is 2. The number of fused-ring (bicyclic) bond motifs is 6. The summed E-state index contributed by atoms with van der Waals surface area (Å²) in [5.74, 6) is -7.01. The van der Waals surface area contributed by atoms with Gasteiger partial charge in [-0.05, 0) is 88.3 Å². The lowest BCUT2D eigenvalue weighted by molar-refractivity contribution is -0.162. The lowest BCUT2D eigenvalue weighted by Crippen LogP contribution is -2.63. The maximum Gasteiger partial charge on any atom is 0.409 e. The number of benzene rings is 2. The van der Waals surface area contributed by atoms with Crippen LogP contribution in [0.2, 0.25) is 5.02 Å². The minimum atomic E-state index is -1.91. The maximum absolute atomic E-state index is 14.5. The van der Waals surface area contributed by atoms with Crippen molar-refractivity contribution >= 4 is 81.4 Å². The van der Waals surface area contributed by atoms with Gasteiger partial charge in [-0.15, -0.1) is 0 Å². The Morgan fingerprint density at radius 3 is 2.33 bits per heavy atom. The second-order valence-corrected chi connectivity index (χ2v) is 26.2. The number of carboxylic acid groups (broad SMARTS) is 1. The van der Waals surface area contributed by atoms with E-state index in [1.165, 1.54) is 47.1 Å². The highest BCUT2D eigenvalue weighted by Gasteiger charge is 2.64. The van der Waals surface area contributed by atoms with Crippen LogP contribution in [-0.4, -0.2) is 201 Å². The lowest BCUT2D eigenvalue weighted by Gasteiger charge is -2.42. The Balaban J connectivity index is 0.981. The molecule has 6 rings (SSSR count). The number of epoxide rings is 1. The number of alkyl carbamates (subject to hydrolysis) is 1. The lowest BCUT2D eigenvalue weighted by atomic mass is 9.83. The predicted molar refractivity (Wildman–Crippen MR) is 354 cm³/mol. The first kappa shape index (κ1) is 76.8. The zero-order valence-electron chi connectivity index (χ0n) is 57.2. The van der Waals surface area contributed by atoms with E-state index in [9.17, 15) is 53.4 Å². The van der Waals surface area contributed by atoms with E-state index in [-0.39, 0.29) is 94.6 Å². The molecule has 11 atom stereocenters. The zero-order valence-corrected chi connectivity index (χ0v) is 57.9. The number of carboxylic acids is 1. The van der Waals surface area contributed by atoms with Gasteiger partial charge in [0.25, 0.3) is 0 Å². The molecule has 95 heavy (non-hydrogen) atoms. The van der Waals surface area contributed by atoms with Gasteiger partial charge in [0.2, 0.25) is 23.6 Å². The second kappa shape index (κ2) is 35.1. The summed E-state index contributed by atoms with van der Waals surface area (Å²) in [7, 11) is 7.81. The number of methoxy groups -OCH3 is 2. The van der Waals surface area contributed by atoms with Crippen LogP contribution in [0.1, 0.15) is 118 Å². The summed E-state index contributed by atoms with van der Waals surface area (Å²) in [4.78, 5) is 126. The second-order valence-electron chi connectivity index (χ2n) is 25.8. The molecule has 0 aliphatic carbocycles. The van der Waals surface area contributed by atoms with Crippen molar-refractivity contribution in [3.05, 3.63) is 82.5 Å². The average Bonchev–Trinajstić information content (AvgIpc) is 1.60. The number of halogens is 1. The highest BCUT2D eigenvalue weighted by molar-refractivity contribution is 6.35. The molecule has 5 amide bonds. The molecule has 0 spiro atoms. The van der Waals surface area contributed by atoms with Gasteiger partial charge in [-0.25, -0.2) is 9.59 Å². The summed E-state index contributed by atoms with van der Waals surface area (Å²) in [6, 6.07) is 11.4. The van der Waals surface area contributed by atoms with E-state index < -0.39 is 119 Å². The monoisotopic (exact) mass is 1350 g/mol. The largest absolute Gasteiger partial charge is 0.495 e. The number of anilines is 1. The van der Waals surface area contributed by atoms with Crippen molar-refractivity contribution in [2.45, 2.75) is 174 Å². The normalized spacial score (nSPS) is 23.6. The third kappa shape index (κ3) is 20.9. The van der Waals surface area contributed by atoms with Crippen LogP contribution in [0.3, 0.4) is 0 Å². The molecule has 2 aromatic carbocycles. The Morgan fingerprint density at radius 1 is 0.947 bits per heavy atom. The third-order valence-electron chi connectivity index (χ3n) is 18.2. The molecular formula is C69H98ClN7O18. The number of ether oxygens (including phenoxy) is 7. The number of nitrogens with one attached hydrogen (secondary N) is 3. The number of likely N-dealkylation sites (N-methyl/N-ethyl adjacent to an activating group) is 1. The Bertz CT molecular complexity index is 3280. The number of rotatable bonds is 32. The molecule has 2 fully saturated rings. The van der Waals surface area contributed by atoms with Crippen LogP contribution >= 0.6 is 11.6 Å². The number of ketones is 2. The van der Waals surface area contributed by atoms with Crippen LogP contribution < -0.4 is 25.6 Å². The quantitative estimate of drug-likeness (QED) is 0.0246. The molecule has 524 valence electrons. The molecule has 5 N–H and O–H groups in total. The van der Waals surface area contributed by atoms with E-state index in [0.29, 0.717) is 30.9 Å². The average molecular weight is 1350 g/mol. The van der Waals surface area contributed by atoms with Crippen molar-refractivity contribution in [1.82, 2.24) is 30.3 Å². The Morgan fingerprint density at radius 2 is 1.65 bits per heavy atom. The number of hydrogen-bond acceptors (Lipinski definition) is 18. The van der Waals surface area contributed by atoms with Gasteiger partial charge in [-0.2, -0.15) is 0 Å². The summed E-state index contributed by atoms with van der Waals surface area (Å²) in [6.45, 7) is 16.3. The summed E-state index contributed by atoms with van der Waals surface area (Å²) >= 11 is 6.85. The number of carbonyl (C=O) groups is 9. The van der Waals surface area contributed by atoms with Crippen LogP contribution in [-0.2, 0) is 86.3 Å². The highest BCUT2D eigenvalue weighted by atomic mass is 35.5. The van der Waals surface area contributed by atoms with Gasteiger partial charge in [-0.1, -0.05) is 88.2 Å². The number of aliphatic hydroxyl groups is 1. The Labute approximate surface area is 561 Å². The van der Waals surface area contributed by atoms with Gasteiger partial charge in [-0.3, -0.25) is 38.9 Å². The van der Waals surface area contributed by atoms with E-state index in [2.05, 4.69) is 38.4 Å². The number of hydrogen-bond donors (Lipinski definition) is 5. The summed E-state index contributed by atoms with van der Waals surface area (Å²) in [5, 5.41) is 30.6. The number of aliphatic carboxylic acids is 1. The maximum atomic E-state index is 14.5. The van der Waals surface area contributed by atoms with Gasteiger partial charge >= 0.3 is 18.0 Å². The fourth-order valence-corrected chi connectivity index (χ4v) is 12.4. The van der Waals surface area contributed by atoms with Gasteiger partial charge in [0.1, 0.15) is 46.5 Å². The van der Waals surface area contributed by atoms with E-state index in [4.69, 9.17) is 44.8 Å². The first-order chi connectivity index (χ1) is 44.9. The van der Waals surface area contributed by atoms with Crippen molar-refractivity contribution < 1.29 is 86.5 Å². The Kier molecular flexibility index (Phi) is 28.4. The Hall–Kier alpha value is -7.26. The van der Waals surface area contributed by atoms with E-state index in [1.807, 2.05) is 44.3 Å². The molecule has 25 nitrogen and oxygen atoms in total. The van der Waals surface area contributed by atoms with Crippen LogP contribution in [0, 0.1) is 23.7 Å². The predicted octanol–water partition coefficient (Wildman–Crippen LogP) is 6.73. The minimum Gasteiger partial charge on any atom is -0.495 e. The molecule has 4 bridgehead atoms. The molecule has 3 aliphatic heterocycles. The van der Waals surface area contributed by atoms with Crippen LogP contribution in [0.4, 0.5) is 10.5 Å². The van der Waals surface area contributed by atoms with Crippen LogP contribution in [0.15, 0.2) is 66.3 Å². The number of esters is 1. The van der Waals surface area contributed by atoms with Crippen molar-refractivity contribution in [2.75, 3.05) is 79.8 Å². The smallest absolute Gasteiger partial charge is 0.409 e. The van der Waals surface area contributed by atoms with Crippen molar-refractivity contribution in [2.24, 2.45) is 23.7 Å². The fraction of sp³-hybridized carbons (Fsp3) is 0.609. The van der Waals surface area contributed by atoms with E-state index >= 15 is 0 Å². The number of aryl methyl sites for hydroxylation is 1. The number of amides is 5. The first-order valence-electron chi connectivity index (χ1n) is 32.6. The number of nitrogens with zero attached hydrogens (tertiary/aromatic N) is 4. The third-order valence-corrected chi connectivity index (χ3v) is 18.5. The molecule has 3 aliphatic rings. The summed E-state index contributed by atoms with van der Waals surface area (Å²) in [5.41, 5.74) is 0.752. The molecule has 3 aromatic rings. The number of para-hydroxylation sites is 1. The number of aromatic nitrogens is 1. The summed E-state index contributed by atoms with van der Waals surface area (Å²) < 4.78 is 42.9. The molecule has 2 saturated heterocycles. The van der Waals surface area contributed by atoms with Gasteiger partial charge < -0.3 is 73.3 Å². The van der Waals surface area contributed by atoms with Gasteiger partial charge in [0, 0.05) is 108 Å². The minimum absolute atomic E-state index is 0.000389.